The Morgan fingerprint density at radius 1 is 0.970 bits per heavy atom. The summed E-state index contributed by atoms with van der Waals surface area (Å²) in [4.78, 5) is 15.4. The summed E-state index contributed by atoms with van der Waals surface area (Å²) in [5, 5.41) is 12.0. The molecule has 7 nitrogen and oxygen atoms in total. The van der Waals surface area contributed by atoms with Crippen LogP contribution in [0.2, 0.25) is 0 Å². The van der Waals surface area contributed by atoms with Crippen LogP contribution in [0, 0.1) is 17.2 Å². The molecule has 0 radical (unpaired) electrons. The van der Waals surface area contributed by atoms with Crippen LogP contribution >= 0.6 is 0 Å². The summed E-state index contributed by atoms with van der Waals surface area (Å²) in [6, 6.07) is 16.2. The lowest BCUT2D eigenvalue weighted by atomic mass is 9.97. The zero-order chi connectivity index (χ0) is 23.3. The molecule has 0 spiro atoms. The van der Waals surface area contributed by atoms with E-state index in [4.69, 9.17) is 5.26 Å². The monoisotopic (exact) mass is 466 g/mol. The molecule has 0 saturated carbocycles. The molecule has 0 aromatic heterocycles. The summed E-state index contributed by atoms with van der Waals surface area (Å²) in [5.74, 6) is -0.204. The maximum absolute atomic E-state index is 12.9. The summed E-state index contributed by atoms with van der Waals surface area (Å²) >= 11 is 0. The topological polar surface area (TPSA) is 93.5 Å². The third-order valence-electron chi connectivity index (χ3n) is 6.61. The van der Waals surface area contributed by atoms with Gasteiger partial charge in [0.1, 0.15) is 0 Å². The molecule has 0 aliphatic carbocycles. The van der Waals surface area contributed by atoms with Crippen LogP contribution in [0.25, 0.3) is 0 Å². The predicted molar refractivity (Wildman–Crippen MR) is 125 cm³/mol. The molecule has 2 heterocycles. The van der Waals surface area contributed by atoms with Crippen LogP contribution in [0.15, 0.2) is 53.4 Å². The van der Waals surface area contributed by atoms with E-state index in [0.29, 0.717) is 38.0 Å². The van der Waals surface area contributed by atoms with Crippen LogP contribution in [-0.4, -0.2) is 49.7 Å². The van der Waals surface area contributed by atoms with Crippen molar-refractivity contribution in [2.75, 3.05) is 26.2 Å². The van der Waals surface area contributed by atoms with Gasteiger partial charge in [-0.05, 0) is 74.2 Å². The van der Waals surface area contributed by atoms with E-state index >= 15 is 0 Å². The lowest BCUT2D eigenvalue weighted by molar-refractivity contribution is -0.126. The minimum atomic E-state index is -3.62. The van der Waals surface area contributed by atoms with Crippen molar-refractivity contribution in [1.29, 1.82) is 5.26 Å². The molecule has 2 aliphatic heterocycles. The van der Waals surface area contributed by atoms with Gasteiger partial charge in [-0.25, -0.2) is 8.42 Å². The zero-order valence-corrected chi connectivity index (χ0v) is 19.6. The molecule has 4 rings (SSSR count). The molecule has 33 heavy (non-hydrogen) atoms. The van der Waals surface area contributed by atoms with Crippen molar-refractivity contribution in [3.8, 4) is 6.07 Å². The minimum absolute atomic E-state index is 0.0126. The number of nitriles is 1. The Hall–Kier alpha value is -2.73. The van der Waals surface area contributed by atoms with Gasteiger partial charge in [0.2, 0.25) is 15.9 Å². The fourth-order valence-electron chi connectivity index (χ4n) is 4.60. The van der Waals surface area contributed by atoms with Crippen molar-refractivity contribution in [1.82, 2.24) is 14.5 Å². The highest BCUT2D eigenvalue weighted by atomic mass is 32.2. The van der Waals surface area contributed by atoms with Gasteiger partial charge in [0.15, 0.2) is 0 Å². The maximum Gasteiger partial charge on any atom is 0.243 e. The Morgan fingerprint density at radius 3 is 2.24 bits per heavy atom. The van der Waals surface area contributed by atoms with Crippen LogP contribution in [0.5, 0.6) is 0 Å². The molecule has 1 amide bonds. The van der Waals surface area contributed by atoms with Crippen molar-refractivity contribution < 1.29 is 13.2 Å². The highest BCUT2D eigenvalue weighted by Crippen LogP contribution is 2.24. The van der Waals surface area contributed by atoms with E-state index in [9.17, 15) is 13.2 Å². The minimum Gasteiger partial charge on any atom is -0.352 e. The van der Waals surface area contributed by atoms with Crippen molar-refractivity contribution >= 4 is 15.9 Å². The molecule has 2 fully saturated rings. The van der Waals surface area contributed by atoms with Gasteiger partial charge >= 0.3 is 0 Å². The van der Waals surface area contributed by atoms with Crippen molar-refractivity contribution in [3.63, 3.8) is 0 Å². The number of amides is 1. The fourth-order valence-corrected chi connectivity index (χ4v) is 6.07. The number of sulfonamides is 1. The molecule has 8 heteroatoms. The van der Waals surface area contributed by atoms with Gasteiger partial charge in [-0.1, -0.05) is 24.3 Å². The summed E-state index contributed by atoms with van der Waals surface area (Å²) in [6.07, 6.45) is 3.49. The molecule has 2 aromatic rings. The van der Waals surface area contributed by atoms with Crippen LogP contribution < -0.4 is 5.32 Å². The van der Waals surface area contributed by atoms with Crippen molar-refractivity contribution in [2.24, 2.45) is 5.92 Å². The zero-order valence-electron chi connectivity index (χ0n) is 18.7. The first-order valence-corrected chi connectivity index (χ1v) is 13.0. The van der Waals surface area contributed by atoms with Crippen molar-refractivity contribution in [3.05, 3.63) is 65.2 Å². The predicted octanol–water partition coefficient (Wildman–Crippen LogP) is 2.87. The first kappa shape index (κ1) is 23.4. The maximum atomic E-state index is 12.9. The molecule has 0 atom stereocenters. The lowest BCUT2D eigenvalue weighted by Crippen LogP contribution is -2.42. The number of nitrogens with zero attached hydrogens (tertiary/aromatic N) is 3. The van der Waals surface area contributed by atoms with E-state index < -0.39 is 10.0 Å². The average molecular weight is 467 g/mol. The first-order valence-electron chi connectivity index (χ1n) is 11.5. The standard InChI is InChI=1S/C25H30N4O3S/c26-17-20-7-9-24(10-8-20)33(31,32)29-15-11-21(12-16-29)25(30)27-18-22-5-1-2-6-23(22)19-28-13-3-4-14-28/h1-2,5-10,21H,3-4,11-16,18-19H2,(H,27,30). The largest absolute Gasteiger partial charge is 0.352 e. The van der Waals surface area contributed by atoms with Crippen LogP contribution in [0.4, 0.5) is 0 Å². The third-order valence-corrected chi connectivity index (χ3v) is 8.52. The van der Waals surface area contributed by atoms with E-state index in [1.165, 1.54) is 47.0 Å². The van der Waals surface area contributed by atoms with E-state index in [1.54, 1.807) is 0 Å². The summed E-state index contributed by atoms with van der Waals surface area (Å²) in [7, 11) is -3.62. The smallest absolute Gasteiger partial charge is 0.243 e. The summed E-state index contributed by atoms with van der Waals surface area (Å²) in [5.41, 5.74) is 2.81. The highest BCUT2D eigenvalue weighted by molar-refractivity contribution is 7.89. The molecule has 0 unspecified atom stereocenters. The van der Waals surface area contributed by atoms with Gasteiger partial charge in [0, 0.05) is 32.1 Å². The lowest BCUT2D eigenvalue weighted by Gasteiger charge is -2.30. The van der Waals surface area contributed by atoms with E-state index in [2.05, 4.69) is 22.3 Å². The molecular formula is C25H30N4O3S. The normalized spacial score (nSPS) is 18.2. The van der Waals surface area contributed by atoms with E-state index in [0.717, 1.165) is 25.2 Å². The molecule has 2 aromatic carbocycles. The Balaban J connectivity index is 1.30. The van der Waals surface area contributed by atoms with Gasteiger partial charge in [-0.15, -0.1) is 0 Å². The summed E-state index contributed by atoms with van der Waals surface area (Å²) < 4.78 is 27.2. The van der Waals surface area contributed by atoms with Gasteiger partial charge < -0.3 is 5.32 Å². The quantitative estimate of drug-likeness (QED) is 0.677. The SMILES string of the molecule is N#Cc1ccc(S(=O)(=O)N2CCC(C(=O)NCc3ccccc3CN3CCCC3)CC2)cc1. The number of nitrogens with one attached hydrogen (secondary N) is 1. The molecule has 2 saturated heterocycles. The number of carbonyl (C=O) groups is 1. The second kappa shape index (κ2) is 10.5. The van der Waals surface area contributed by atoms with E-state index in [-0.39, 0.29) is 16.7 Å². The van der Waals surface area contributed by atoms with Gasteiger partial charge in [0.25, 0.3) is 0 Å². The van der Waals surface area contributed by atoms with Gasteiger partial charge in [-0.2, -0.15) is 9.57 Å². The van der Waals surface area contributed by atoms with Crippen molar-refractivity contribution in [2.45, 2.75) is 43.7 Å². The van der Waals surface area contributed by atoms with Crippen LogP contribution in [-0.2, 0) is 27.9 Å². The Bertz CT molecular complexity index is 1110. The Morgan fingerprint density at radius 2 is 1.61 bits per heavy atom. The number of hydrogen-bond donors (Lipinski definition) is 1. The van der Waals surface area contributed by atoms with Crippen LogP contribution in [0.3, 0.4) is 0 Å². The Labute approximate surface area is 196 Å². The molecule has 2 aliphatic rings. The number of hydrogen-bond acceptors (Lipinski definition) is 5. The van der Waals surface area contributed by atoms with Gasteiger partial charge in [0.05, 0.1) is 16.5 Å². The van der Waals surface area contributed by atoms with E-state index in [1.807, 2.05) is 18.2 Å². The molecule has 1 N–H and O–H groups in total. The first-order chi connectivity index (χ1) is 16.0. The number of carbonyl (C=O) groups excluding carboxylic acids is 1. The number of likely N-dealkylation sites (tertiary alicyclic amines) is 1. The number of rotatable bonds is 7. The Kier molecular flexibility index (Phi) is 7.43. The second-order valence-electron chi connectivity index (χ2n) is 8.78. The molecule has 0 bridgehead atoms. The second-order valence-corrected chi connectivity index (χ2v) is 10.7. The van der Waals surface area contributed by atoms with Gasteiger partial charge in [-0.3, -0.25) is 9.69 Å². The van der Waals surface area contributed by atoms with Crippen LogP contribution in [0.1, 0.15) is 42.4 Å². The number of benzene rings is 2. The average Bonchev–Trinajstić information content (AvgIpc) is 3.36. The third kappa shape index (κ3) is 5.61. The fraction of sp³-hybridized carbons (Fsp3) is 0.440. The highest BCUT2D eigenvalue weighted by Gasteiger charge is 2.32. The molecular weight excluding hydrogens is 436 g/mol. The number of piperidine rings is 1. The summed E-state index contributed by atoms with van der Waals surface area (Å²) in [6.45, 7) is 4.29. The molecule has 174 valence electrons.